The molecule has 0 radical (unpaired) electrons. The number of halogens is 3. The van der Waals surface area contributed by atoms with Gasteiger partial charge in [-0.05, 0) is 47.7 Å². The Morgan fingerprint density at radius 1 is 1.13 bits per heavy atom. The number of nitrogens with one attached hydrogen (secondary N) is 2. The first-order valence-electron chi connectivity index (χ1n) is 9.68. The molecular formula is C21H20F3N3O3S. The predicted octanol–water partition coefficient (Wildman–Crippen LogP) is 3.14. The molecule has 6 nitrogen and oxygen atoms in total. The van der Waals surface area contributed by atoms with E-state index in [1.165, 1.54) is 12.1 Å². The lowest BCUT2D eigenvalue weighted by molar-refractivity contribution is -0.186. The van der Waals surface area contributed by atoms with Gasteiger partial charge in [0.1, 0.15) is 0 Å². The second-order valence-corrected chi connectivity index (χ2v) is 9.18. The van der Waals surface area contributed by atoms with Gasteiger partial charge in [-0.15, -0.1) is 0 Å². The fraction of sp³-hybridized carbons (Fsp3) is 0.286. The zero-order chi connectivity index (χ0) is 22.2. The molecule has 4 rings (SSSR count). The van der Waals surface area contributed by atoms with Gasteiger partial charge >= 0.3 is 12.1 Å². The summed E-state index contributed by atoms with van der Waals surface area (Å²) in [4.78, 5) is 15.3. The zero-order valence-corrected chi connectivity index (χ0v) is 17.2. The van der Waals surface area contributed by atoms with Gasteiger partial charge < -0.3 is 9.88 Å². The van der Waals surface area contributed by atoms with Crippen molar-refractivity contribution >= 4 is 26.8 Å². The van der Waals surface area contributed by atoms with Crippen LogP contribution in [0.4, 0.5) is 13.2 Å². The average Bonchev–Trinajstić information content (AvgIpc) is 3.15. The van der Waals surface area contributed by atoms with E-state index >= 15 is 0 Å². The van der Waals surface area contributed by atoms with Crippen LogP contribution in [0.15, 0.2) is 53.6 Å². The molecule has 1 aliphatic heterocycles. The molecule has 0 bridgehead atoms. The van der Waals surface area contributed by atoms with Crippen molar-refractivity contribution in [3.8, 4) is 0 Å². The van der Waals surface area contributed by atoms with Crippen LogP contribution in [0.25, 0.3) is 10.9 Å². The quantitative estimate of drug-likeness (QED) is 0.625. The highest BCUT2D eigenvalue weighted by Crippen LogP contribution is 2.26. The summed E-state index contributed by atoms with van der Waals surface area (Å²) >= 11 is 0. The highest BCUT2D eigenvalue weighted by atomic mass is 32.2. The minimum Gasteiger partial charge on any atom is -0.361 e. The molecule has 2 aromatic carbocycles. The van der Waals surface area contributed by atoms with Crippen LogP contribution >= 0.6 is 0 Å². The Morgan fingerprint density at radius 3 is 2.68 bits per heavy atom. The third kappa shape index (κ3) is 4.45. The van der Waals surface area contributed by atoms with Gasteiger partial charge in [0.25, 0.3) is 0 Å². The first kappa shape index (κ1) is 21.4. The largest absolute Gasteiger partial charge is 0.471 e. The molecule has 3 aromatic rings. The molecular weight excluding hydrogens is 431 g/mol. The molecule has 0 fully saturated rings. The van der Waals surface area contributed by atoms with Crippen molar-refractivity contribution in [3.05, 3.63) is 65.4 Å². The Labute approximate surface area is 177 Å². The summed E-state index contributed by atoms with van der Waals surface area (Å²) in [6, 6.07) is 12.1. The smallest absolute Gasteiger partial charge is 0.361 e. The van der Waals surface area contributed by atoms with Gasteiger partial charge in [0.05, 0.1) is 4.90 Å². The molecule has 1 aliphatic rings. The predicted molar refractivity (Wildman–Crippen MR) is 109 cm³/mol. The summed E-state index contributed by atoms with van der Waals surface area (Å²) in [7, 11) is -3.85. The van der Waals surface area contributed by atoms with Crippen LogP contribution in [0.5, 0.6) is 0 Å². The number of carbonyl (C=O) groups is 1. The number of fused-ring (bicyclic) bond motifs is 2. The maximum atomic E-state index is 12.7. The van der Waals surface area contributed by atoms with Gasteiger partial charge in [0, 0.05) is 36.7 Å². The second-order valence-electron chi connectivity index (χ2n) is 7.41. The lowest BCUT2D eigenvalue weighted by Crippen LogP contribution is -2.43. The molecule has 0 saturated heterocycles. The molecule has 0 atom stereocenters. The summed E-state index contributed by atoms with van der Waals surface area (Å²) in [6.45, 7) is -0.160. The van der Waals surface area contributed by atoms with E-state index in [2.05, 4.69) is 9.71 Å². The molecule has 2 N–H and O–H groups in total. The standard InChI is InChI=1S/C21H20F3N3O3S/c22-21(23,24)20(28)27-10-8-14-5-6-17(11-16(14)13-27)31(29,30)26-9-7-15-12-25-19-4-2-1-3-18(15)19/h1-6,11-12,25-26H,7-10,13H2. The van der Waals surface area contributed by atoms with E-state index in [1.54, 1.807) is 6.07 Å². The molecule has 0 saturated carbocycles. The van der Waals surface area contributed by atoms with Crippen LogP contribution in [0.1, 0.15) is 16.7 Å². The Kier molecular flexibility index (Phi) is 5.52. The molecule has 0 spiro atoms. The van der Waals surface area contributed by atoms with E-state index in [-0.39, 0.29) is 31.0 Å². The number of benzene rings is 2. The molecule has 1 aromatic heterocycles. The van der Waals surface area contributed by atoms with E-state index in [1.807, 2.05) is 30.5 Å². The van der Waals surface area contributed by atoms with Gasteiger partial charge in [-0.1, -0.05) is 24.3 Å². The number of carbonyl (C=O) groups excluding carboxylic acids is 1. The van der Waals surface area contributed by atoms with E-state index < -0.39 is 22.1 Å². The van der Waals surface area contributed by atoms with Gasteiger partial charge in [0.2, 0.25) is 10.0 Å². The second kappa shape index (κ2) is 8.01. The number of para-hydroxylation sites is 1. The van der Waals surface area contributed by atoms with Crippen LogP contribution in [0, 0.1) is 0 Å². The third-order valence-corrected chi connectivity index (χ3v) is 6.85. The number of hydrogen-bond donors (Lipinski definition) is 2. The van der Waals surface area contributed by atoms with Gasteiger partial charge in [-0.2, -0.15) is 13.2 Å². The Hall–Kier alpha value is -2.85. The molecule has 31 heavy (non-hydrogen) atoms. The Bertz CT molecular complexity index is 1240. The fourth-order valence-electron chi connectivity index (χ4n) is 3.80. The van der Waals surface area contributed by atoms with Crippen molar-refractivity contribution in [2.75, 3.05) is 13.1 Å². The minimum atomic E-state index is -4.95. The highest BCUT2D eigenvalue weighted by Gasteiger charge is 2.43. The summed E-state index contributed by atoms with van der Waals surface area (Å²) in [5.41, 5.74) is 3.09. The zero-order valence-electron chi connectivity index (χ0n) is 16.4. The Morgan fingerprint density at radius 2 is 1.90 bits per heavy atom. The summed E-state index contributed by atoms with van der Waals surface area (Å²) in [5, 5.41) is 1.02. The highest BCUT2D eigenvalue weighted by molar-refractivity contribution is 7.89. The normalized spacial score (nSPS) is 14.6. The van der Waals surface area contributed by atoms with Crippen LogP contribution < -0.4 is 4.72 Å². The van der Waals surface area contributed by atoms with Crippen LogP contribution in [0.2, 0.25) is 0 Å². The van der Waals surface area contributed by atoms with E-state index in [9.17, 15) is 26.4 Å². The lowest BCUT2D eigenvalue weighted by Gasteiger charge is -2.29. The van der Waals surface area contributed by atoms with Crippen molar-refractivity contribution in [2.45, 2.75) is 30.5 Å². The first-order chi connectivity index (χ1) is 14.6. The van der Waals surface area contributed by atoms with Gasteiger partial charge in [0.15, 0.2) is 0 Å². The number of aromatic nitrogens is 1. The summed E-state index contributed by atoms with van der Waals surface area (Å²) < 4.78 is 66.1. The number of amides is 1. The van der Waals surface area contributed by atoms with Crippen LogP contribution in [-0.2, 0) is 34.2 Å². The number of H-pyrrole nitrogens is 1. The molecule has 0 aliphatic carbocycles. The SMILES string of the molecule is O=C(N1CCc2ccc(S(=O)(=O)NCCc3c[nH]c4ccccc34)cc2C1)C(F)(F)F. The molecule has 1 amide bonds. The molecule has 10 heteroatoms. The number of aromatic amines is 1. The summed E-state index contributed by atoms with van der Waals surface area (Å²) in [6.07, 6.45) is -2.40. The average molecular weight is 451 g/mol. The van der Waals surface area contributed by atoms with Crippen molar-refractivity contribution in [3.63, 3.8) is 0 Å². The maximum Gasteiger partial charge on any atom is 0.471 e. The minimum absolute atomic E-state index is 0.0357. The van der Waals surface area contributed by atoms with Crippen LogP contribution in [0.3, 0.4) is 0 Å². The van der Waals surface area contributed by atoms with E-state index in [0.29, 0.717) is 16.9 Å². The number of nitrogens with zero attached hydrogens (tertiary/aromatic N) is 1. The van der Waals surface area contributed by atoms with Crippen LogP contribution in [-0.4, -0.2) is 43.5 Å². The van der Waals surface area contributed by atoms with Crippen molar-refractivity contribution in [1.29, 1.82) is 0 Å². The fourth-order valence-corrected chi connectivity index (χ4v) is 4.88. The van der Waals surface area contributed by atoms with Gasteiger partial charge in [-0.3, -0.25) is 4.79 Å². The summed E-state index contributed by atoms with van der Waals surface area (Å²) in [5.74, 6) is -1.91. The lowest BCUT2D eigenvalue weighted by atomic mass is 10.00. The van der Waals surface area contributed by atoms with E-state index in [0.717, 1.165) is 22.0 Å². The monoisotopic (exact) mass is 451 g/mol. The first-order valence-corrected chi connectivity index (χ1v) is 11.2. The van der Waals surface area contributed by atoms with Crippen molar-refractivity contribution < 1.29 is 26.4 Å². The van der Waals surface area contributed by atoms with Gasteiger partial charge in [-0.25, -0.2) is 13.1 Å². The number of hydrogen-bond acceptors (Lipinski definition) is 3. The topological polar surface area (TPSA) is 82.3 Å². The number of rotatable bonds is 5. The number of sulfonamides is 1. The molecule has 164 valence electrons. The number of alkyl halides is 3. The molecule has 0 unspecified atom stereocenters. The molecule has 2 heterocycles. The third-order valence-electron chi connectivity index (χ3n) is 5.39. The van der Waals surface area contributed by atoms with Crippen molar-refractivity contribution in [2.24, 2.45) is 0 Å². The maximum absolute atomic E-state index is 12.7. The van der Waals surface area contributed by atoms with E-state index in [4.69, 9.17) is 0 Å². The Balaban J connectivity index is 1.46. The van der Waals surface area contributed by atoms with Crippen molar-refractivity contribution in [1.82, 2.24) is 14.6 Å².